The Kier molecular flexibility index (Phi) is 3.61. The van der Waals surface area contributed by atoms with Gasteiger partial charge in [-0.05, 0) is 18.6 Å². The summed E-state index contributed by atoms with van der Waals surface area (Å²) in [5.74, 6) is -1.72. The molecule has 1 aromatic carbocycles. The molecule has 0 radical (unpaired) electrons. The van der Waals surface area contributed by atoms with Crippen LogP contribution >= 0.6 is 0 Å². The number of carbonyl (C=O) groups excluding carboxylic acids is 2. The highest BCUT2D eigenvalue weighted by molar-refractivity contribution is 7.91. The number of para-hydroxylation sites is 1. The molecule has 0 aliphatic carbocycles. The van der Waals surface area contributed by atoms with Gasteiger partial charge in [0.1, 0.15) is 5.69 Å². The van der Waals surface area contributed by atoms with E-state index < -0.39 is 27.6 Å². The molecule has 7 nitrogen and oxygen atoms in total. The molecular weight excluding hydrogens is 306 g/mol. The zero-order valence-corrected chi connectivity index (χ0v) is 12.4. The van der Waals surface area contributed by atoms with E-state index in [1.54, 1.807) is 6.07 Å². The largest absolute Gasteiger partial charge is 0.350 e. The van der Waals surface area contributed by atoms with E-state index in [1.165, 1.54) is 0 Å². The fourth-order valence-electron chi connectivity index (χ4n) is 2.49. The number of rotatable bonds is 2. The molecule has 2 heterocycles. The summed E-state index contributed by atoms with van der Waals surface area (Å²) in [6, 6.07) is 9.10. The van der Waals surface area contributed by atoms with E-state index in [9.17, 15) is 18.0 Å². The van der Waals surface area contributed by atoms with Crippen molar-refractivity contribution in [2.75, 3.05) is 11.5 Å². The van der Waals surface area contributed by atoms with Gasteiger partial charge in [0.2, 0.25) is 5.91 Å². The van der Waals surface area contributed by atoms with Crippen molar-refractivity contribution in [3.8, 4) is 0 Å². The summed E-state index contributed by atoms with van der Waals surface area (Å²) in [4.78, 5) is 26.8. The van der Waals surface area contributed by atoms with Crippen molar-refractivity contribution < 1.29 is 18.0 Å². The van der Waals surface area contributed by atoms with E-state index in [0.29, 0.717) is 5.69 Å². The van der Waals surface area contributed by atoms with Gasteiger partial charge in [-0.3, -0.25) is 20.4 Å². The number of H-pyrrole nitrogens is 1. The lowest BCUT2D eigenvalue weighted by Crippen LogP contribution is -2.44. The smallest absolute Gasteiger partial charge is 0.286 e. The van der Waals surface area contributed by atoms with Crippen LogP contribution in [0.3, 0.4) is 0 Å². The number of sulfone groups is 1. The second kappa shape index (κ2) is 5.45. The van der Waals surface area contributed by atoms with Crippen molar-refractivity contribution in [2.45, 2.75) is 6.42 Å². The predicted molar refractivity (Wildman–Crippen MR) is 80.7 cm³/mol. The Labute approximate surface area is 127 Å². The van der Waals surface area contributed by atoms with Gasteiger partial charge in [0.25, 0.3) is 5.91 Å². The SMILES string of the molecule is O=C(NNC(=O)[C@H]1CCS(=O)(=O)C1)c1cc2ccccc2[nH]1. The first-order valence-corrected chi connectivity index (χ1v) is 8.65. The number of hydrazine groups is 1. The number of carbonyl (C=O) groups is 2. The van der Waals surface area contributed by atoms with E-state index in [0.717, 1.165) is 10.9 Å². The van der Waals surface area contributed by atoms with Crippen molar-refractivity contribution in [2.24, 2.45) is 5.92 Å². The molecule has 1 saturated heterocycles. The van der Waals surface area contributed by atoms with Crippen molar-refractivity contribution in [1.29, 1.82) is 0 Å². The van der Waals surface area contributed by atoms with Crippen LogP contribution in [-0.4, -0.2) is 36.7 Å². The summed E-state index contributed by atoms with van der Waals surface area (Å²) in [5, 5.41) is 0.890. The Morgan fingerprint density at radius 3 is 2.64 bits per heavy atom. The molecule has 1 aromatic heterocycles. The van der Waals surface area contributed by atoms with Gasteiger partial charge < -0.3 is 4.98 Å². The Balaban J connectivity index is 1.61. The van der Waals surface area contributed by atoms with Gasteiger partial charge in [-0.25, -0.2) is 8.42 Å². The van der Waals surface area contributed by atoms with Gasteiger partial charge in [-0.2, -0.15) is 0 Å². The third kappa shape index (κ3) is 2.96. The monoisotopic (exact) mass is 321 g/mol. The van der Waals surface area contributed by atoms with E-state index in [1.807, 2.05) is 24.3 Å². The molecule has 22 heavy (non-hydrogen) atoms. The molecule has 1 fully saturated rings. The van der Waals surface area contributed by atoms with Crippen molar-refractivity contribution in [3.63, 3.8) is 0 Å². The first kappa shape index (κ1) is 14.6. The summed E-state index contributed by atoms with van der Waals surface area (Å²) in [5.41, 5.74) is 5.72. The zero-order valence-electron chi connectivity index (χ0n) is 11.6. The van der Waals surface area contributed by atoms with Crippen LogP contribution < -0.4 is 10.9 Å². The minimum atomic E-state index is -3.13. The van der Waals surface area contributed by atoms with E-state index in [2.05, 4.69) is 15.8 Å². The number of aromatic nitrogens is 1. The molecule has 0 saturated carbocycles. The maximum absolute atomic E-state index is 12.0. The molecule has 2 amide bonds. The number of benzene rings is 1. The minimum Gasteiger partial charge on any atom is -0.350 e. The highest BCUT2D eigenvalue weighted by Crippen LogP contribution is 2.18. The van der Waals surface area contributed by atoms with E-state index in [4.69, 9.17) is 0 Å². The molecule has 3 rings (SSSR count). The average Bonchev–Trinajstić information content (AvgIpc) is 3.07. The Morgan fingerprint density at radius 1 is 1.18 bits per heavy atom. The third-order valence-corrected chi connectivity index (χ3v) is 5.44. The Morgan fingerprint density at radius 2 is 1.95 bits per heavy atom. The lowest BCUT2D eigenvalue weighted by Gasteiger charge is -2.09. The van der Waals surface area contributed by atoms with Crippen LogP contribution in [0.2, 0.25) is 0 Å². The summed E-state index contributed by atoms with van der Waals surface area (Å²) in [6.07, 6.45) is 0.288. The number of fused-ring (bicyclic) bond motifs is 1. The average molecular weight is 321 g/mol. The summed E-state index contributed by atoms with van der Waals surface area (Å²) in [6.45, 7) is 0. The van der Waals surface area contributed by atoms with Crippen LogP contribution in [0, 0.1) is 5.92 Å². The van der Waals surface area contributed by atoms with E-state index in [-0.39, 0.29) is 17.9 Å². The van der Waals surface area contributed by atoms with Crippen molar-refractivity contribution in [3.05, 3.63) is 36.0 Å². The van der Waals surface area contributed by atoms with Crippen LogP contribution in [0.25, 0.3) is 10.9 Å². The topological polar surface area (TPSA) is 108 Å². The molecule has 0 spiro atoms. The van der Waals surface area contributed by atoms with Crippen LogP contribution in [0.4, 0.5) is 0 Å². The molecule has 0 unspecified atom stereocenters. The van der Waals surface area contributed by atoms with E-state index >= 15 is 0 Å². The maximum Gasteiger partial charge on any atom is 0.286 e. The lowest BCUT2D eigenvalue weighted by molar-refractivity contribution is -0.125. The van der Waals surface area contributed by atoms with Gasteiger partial charge in [0.05, 0.1) is 17.4 Å². The van der Waals surface area contributed by atoms with Gasteiger partial charge >= 0.3 is 0 Å². The summed E-state index contributed by atoms with van der Waals surface area (Å²) in [7, 11) is -3.13. The molecule has 1 atom stereocenters. The number of amides is 2. The molecule has 3 N–H and O–H groups in total. The summed E-state index contributed by atoms with van der Waals surface area (Å²) >= 11 is 0. The van der Waals surface area contributed by atoms with Gasteiger partial charge in [0, 0.05) is 10.9 Å². The highest BCUT2D eigenvalue weighted by Gasteiger charge is 2.33. The first-order valence-electron chi connectivity index (χ1n) is 6.83. The van der Waals surface area contributed by atoms with Gasteiger partial charge in [0.15, 0.2) is 9.84 Å². The molecule has 116 valence electrons. The van der Waals surface area contributed by atoms with Crippen molar-refractivity contribution in [1.82, 2.24) is 15.8 Å². The van der Waals surface area contributed by atoms with Crippen LogP contribution in [-0.2, 0) is 14.6 Å². The standard InChI is InChI=1S/C14H15N3O4S/c18-13(10-5-6-22(20,21)8-10)16-17-14(19)12-7-9-3-1-2-4-11(9)15-12/h1-4,7,10,15H,5-6,8H2,(H,16,18)(H,17,19)/t10-/m0/s1. The fraction of sp³-hybridized carbons (Fsp3) is 0.286. The molecule has 0 bridgehead atoms. The highest BCUT2D eigenvalue weighted by atomic mass is 32.2. The summed E-state index contributed by atoms with van der Waals surface area (Å²) < 4.78 is 22.7. The Bertz CT molecular complexity index is 808. The molecule has 8 heteroatoms. The fourth-order valence-corrected chi connectivity index (χ4v) is 4.23. The van der Waals surface area contributed by atoms with Crippen LogP contribution in [0.15, 0.2) is 30.3 Å². The minimum absolute atomic E-state index is 0.0149. The number of aromatic amines is 1. The number of hydrogen-bond donors (Lipinski definition) is 3. The zero-order chi connectivity index (χ0) is 15.7. The lowest BCUT2D eigenvalue weighted by atomic mass is 10.1. The Hall–Kier alpha value is -2.35. The van der Waals surface area contributed by atoms with Gasteiger partial charge in [-0.15, -0.1) is 0 Å². The second-order valence-electron chi connectivity index (χ2n) is 5.31. The number of hydrogen-bond acceptors (Lipinski definition) is 4. The van der Waals surface area contributed by atoms with Crippen molar-refractivity contribution >= 4 is 32.6 Å². The second-order valence-corrected chi connectivity index (χ2v) is 7.54. The predicted octanol–water partition coefficient (Wildman–Crippen LogP) is 0.364. The third-order valence-electron chi connectivity index (χ3n) is 3.68. The quantitative estimate of drug-likeness (QED) is 0.694. The van der Waals surface area contributed by atoms with Gasteiger partial charge in [-0.1, -0.05) is 18.2 Å². The molecular formula is C14H15N3O4S. The van der Waals surface area contributed by atoms with Crippen LogP contribution in [0.1, 0.15) is 16.9 Å². The first-order chi connectivity index (χ1) is 10.4. The van der Waals surface area contributed by atoms with Crippen LogP contribution in [0.5, 0.6) is 0 Å². The molecule has 2 aromatic rings. The molecule has 1 aliphatic rings. The maximum atomic E-state index is 12.0. The normalized spacial score (nSPS) is 19.9. The number of nitrogens with one attached hydrogen (secondary N) is 3. The molecule has 1 aliphatic heterocycles.